The molecule has 0 aliphatic heterocycles. The summed E-state index contributed by atoms with van der Waals surface area (Å²) in [6, 6.07) is 15.7. The number of hydrogen-bond acceptors (Lipinski definition) is 2. The highest BCUT2D eigenvalue weighted by atomic mass is 35.5. The van der Waals surface area contributed by atoms with Crippen molar-refractivity contribution < 1.29 is 4.79 Å². The zero-order valence-corrected chi connectivity index (χ0v) is 12.8. The van der Waals surface area contributed by atoms with Crippen LogP contribution in [0.2, 0.25) is 5.02 Å². The monoisotopic (exact) mass is 302 g/mol. The molecule has 0 aromatic heterocycles. The zero-order chi connectivity index (χ0) is 15.1. The van der Waals surface area contributed by atoms with Gasteiger partial charge in [-0.15, -0.1) is 0 Å². The first kappa shape index (κ1) is 15.5. The van der Waals surface area contributed by atoms with Crippen LogP contribution in [0.15, 0.2) is 48.5 Å². The lowest BCUT2D eigenvalue weighted by molar-refractivity contribution is -0.115. The summed E-state index contributed by atoms with van der Waals surface area (Å²) in [4.78, 5) is 11.9. The van der Waals surface area contributed by atoms with Gasteiger partial charge in [-0.25, -0.2) is 0 Å². The van der Waals surface area contributed by atoms with Crippen LogP contribution in [0.1, 0.15) is 11.1 Å². The molecule has 0 saturated heterocycles. The minimum Gasteiger partial charge on any atom is -0.325 e. The van der Waals surface area contributed by atoms with E-state index in [2.05, 4.69) is 22.8 Å². The van der Waals surface area contributed by atoms with Crippen molar-refractivity contribution in [1.82, 2.24) is 5.32 Å². The number of carbonyl (C=O) groups is 1. The molecule has 110 valence electrons. The second-order valence-corrected chi connectivity index (χ2v) is 5.28. The second-order valence-electron chi connectivity index (χ2n) is 4.87. The molecule has 0 spiro atoms. The summed E-state index contributed by atoms with van der Waals surface area (Å²) in [6.07, 6.45) is 0.907. The molecule has 2 rings (SSSR count). The summed E-state index contributed by atoms with van der Waals surface area (Å²) in [7, 11) is 0. The van der Waals surface area contributed by atoms with Gasteiger partial charge in [-0.05, 0) is 43.1 Å². The van der Waals surface area contributed by atoms with Crippen molar-refractivity contribution in [3.63, 3.8) is 0 Å². The van der Waals surface area contributed by atoms with Crippen LogP contribution in [-0.4, -0.2) is 19.0 Å². The van der Waals surface area contributed by atoms with Gasteiger partial charge in [-0.3, -0.25) is 4.79 Å². The Balaban J connectivity index is 1.74. The molecule has 0 atom stereocenters. The summed E-state index contributed by atoms with van der Waals surface area (Å²) in [5, 5.41) is 6.66. The SMILES string of the molecule is Cc1c(Cl)cccc1NC(=O)CNCCc1ccccc1. The molecular formula is C17H19ClN2O. The smallest absolute Gasteiger partial charge is 0.238 e. The maximum Gasteiger partial charge on any atom is 0.238 e. The number of rotatable bonds is 6. The third-order valence-electron chi connectivity index (χ3n) is 3.26. The van der Waals surface area contributed by atoms with Crippen LogP contribution in [0.3, 0.4) is 0 Å². The van der Waals surface area contributed by atoms with E-state index in [0.29, 0.717) is 11.6 Å². The Morgan fingerprint density at radius 1 is 1.10 bits per heavy atom. The molecule has 0 unspecified atom stereocenters. The first-order valence-corrected chi connectivity index (χ1v) is 7.34. The van der Waals surface area contributed by atoms with Crippen molar-refractivity contribution in [2.45, 2.75) is 13.3 Å². The molecule has 0 aliphatic rings. The van der Waals surface area contributed by atoms with Crippen molar-refractivity contribution in [3.8, 4) is 0 Å². The largest absolute Gasteiger partial charge is 0.325 e. The van der Waals surface area contributed by atoms with Gasteiger partial charge in [0.1, 0.15) is 0 Å². The summed E-state index contributed by atoms with van der Waals surface area (Å²) in [5.41, 5.74) is 2.91. The highest BCUT2D eigenvalue weighted by Crippen LogP contribution is 2.22. The summed E-state index contributed by atoms with van der Waals surface area (Å²) >= 11 is 6.02. The first-order valence-electron chi connectivity index (χ1n) is 6.96. The topological polar surface area (TPSA) is 41.1 Å². The lowest BCUT2D eigenvalue weighted by Gasteiger charge is -2.10. The molecule has 0 fully saturated rings. The van der Waals surface area contributed by atoms with Crippen molar-refractivity contribution in [2.24, 2.45) is 0 Å². The molecule has 1 amide bonds. The van der Waals surface area contributed by atoms with E-state index in [4.69, 9.17) is 11.6 Å². The van der Waals surface area contributed by atoms with E-state index in [1.807, 2.05) is 43.3 Å². The molecule has 2 N–H and O–H groups in total. The van der Waals surface area contributed by atoms with Crippen LogP contribution in [0.4, 0.5) is 5.69 Å². The number of hydrogen-bond donors (Lipinski definition) is 2. The summed E-state index contributed by atoms with van der Waals surface area (Å²) in [6.45, 7) is 2.95. The Morgan fingerprint density at radius 2 is 1.86 bits per heavy atom. The van der Waals surface area contributed by atoms with Crippen LogP contribution >= 0.6 is 11.6 Å². The molecule has 21 heavy (non-hydrogen) atoms. The zero-order valence-electron chi connectivity index (χ0n) is 12.0. The molecular weight excluding hydrogens is 284 g/mol. The van der Waals surface area contributed by atoms with E-state index in [-0.39, 0.29) is 5.91 Å². The van der Waals surface area contributed by atoms with Gasteiger partial charge in [0, 0.05) is 10.7 Å². The number of benzene rings is 2. The van der Waals surface area contributed by atoms with E-state index in [9.17, 15) is 4.79 Å². The second kappa shape index (κ2) is 7.81. The average Bonchev–Trinajstić information content (AvgIpc) is 2.49. The molecule has 2 aromatic rings. The Bertz CT molecular complexity index is 599. The number of nitrogens with one attached hydrogen (secondary N) is 2. The molecule has 0 saturated carbocycles. The standard InChI is InChI=1S/C17H19ClN2O/c1-13-15(18)8-5-9-16(13)20-17(21)12-19-11-10-14-6-3-2-4-7-14/h2-9,19H,10-12H2,1H3,(H,20,21). The Labute approximate surface area is 130 Å². The highest BCUT2D eigenvalue weighted by Gasteiger charge is 2.06. The van der Waals surface area contributed by atoms with Gasteiger partial charge < -0.3 is 10.6 Å². The quantitative estimate of drug-likeness (QED) is 0.803. The summed E-state index contributed by atoms with van der Waals surface area (Å²) in [5.74, 6) is -0.0616. The van der Waals surface area contributed by atoms with Gasteiger partial charge in [0.2, 0.25) is 5.91 Å². The predicted octanol–water partition coefficient (Wildman–Crippen LogP) is 3.42. The molecule has 2 aromatic carbocycles. The number of halogens is 1. The van der Waals surface area contributed by atoms with Crippen LogP contribution < -0.4 is 10.6 Å². The Morgan fingerprint density at radius 3 is 2.62 bits per heavy atom. The molecule has 3 nitrogen and oxygen atoms in total. The first-order chi connectivity index (χ1) is 10.2. The van der Waals surface area contributed by atoms with Crippen LogP contribution in [0.25, 0.3) is 0 Å². The average molecular weight is 303 g/mol. The van der Waals surface area contributed by atoms with Crippen LogP contribution in [0.5, 0.6) is 0 Å². The third kappa shape index (κ3) is 4.88. The van der Waals surface area contributed by atoms with Crippen LogP contribution in [-0.2, 0) is 11.2 Å². The normalized spacial score (nSPS) is 10.4. The number of carbonyl (C=O) groups excluding carboxylic acids is 1. The van der Waals surface area contributed by atoms with Gasteiger partial charge in [0.15, 0.2) is 0 Å². The molecule has 0 heterocycles. The lowest BCUT2D eigenvalue weighted by Crippen LogP contribution is -2.29. The van der Waals surface area contributed by atoms with Crippen molar-refractivity contribution in [2.75, 3.05) is 18.4 Å². The van der Waals surface area contributed by atoms with Gasteiger partial charge in [-0.2, -0.15) is 0 Å². The molecule has 4 heteroatoms. The van der Waals surface area contributed by atoms with Crippen molar-refractivity contribution in [3.05, 3.63) is 64.7 Å². The van der Waals surface area contributed by atoms with E-state index >= 15 is 0 Å². The van der Waals surface area contributed by atoms with Crippen molar-refractivity contribution >= 4 is 23.2 Å². The fourth-order valence-electron chi connectivity index (χ4n) is 2.02. The minimum absolute atomic E-state index is 0.0616. The highest BCUT2D eigenvalue weighted by molar-refractivity contribution is 6.31. The maximum absolute atomic E-state index is 11.9. The van der Waals surface area contributed by atoms with E-state index in [0.717, 1.165) is 24.2 Å². The minimum atomic E-state index is -0.0616. The number of amides is 1. The number of anilines is 1. The fraction of sp³-hybridized carbons (Fsp3) is 0.235. The van der Waals surface area contributed by atoms with E-state index < -0.39 is 0 Å². The third-order valence-corrected chi connectivity index (χ3v) is 3.67. The predicted molar refractivity (Wildman–Crippen MR) is 87.8 cm³/mol. The van der Waals surface area contributed by atoms with Gasteiger partial charge in [-0.1, -0.05) is 48.0 Å². The van der Waals surface area contributed by atoms with Crippen LogP contribution in [0, 0.1) is 6.92 Å². The van der Waals surface area contributed by atoms with Gasteiger partial charge >= 0.3 is 0 Å². The van der Waals surface area contributed by atoms with E-state index in [1.54, 1.807) is 0 Å². The van der Waals surface area contributed by atoms with Gasteiger partial charge in [0.25, 0.3) is 0 Å². The Hall–Kier alpha value is -1.84. The fourth-order valence-corrected chi connectivity index (χ4v) is 2.19. The van der Waals surface area contributed by atoms with Crippen molar-refractivity contribution in [1.29, 1.82) is 0 Å². The maximum atomic E-state index is 11.9. The molecule has 0 radical (unpaired) electrons. The summed E-state index contributed by atoms with van der Waals surface area (Å²) < 4.78 is 0. The van der Waals surface area contributed by atoms with Gasteiger partial charge in [0.05, 0.1) is 6.54 Å². The molecule has 0 aliphatic carbocycles. The Kier molecular flexibility index (Phi) is 5.78. The lowest BCUT2D eigenvalue weighted by atomic mass is 10.1. The van der Waals surface area contributed by atoms with E-state index in [1.165, 1.54) is 5.56 Å². The molecule has 0 bridgehead atoms.